The largest absolute Gasteiger partial charge is 0.391 e. The molecule has 2 unspecified atom stereocenters. The van der Waals surface area contributed by atoms with E-state index in [0.29, 0.717) is 22.9 Å². The number of nitrogens with zero attached hydrogens (tertiary/aromatic N) is 1. The molecule has 3 N–H and O–H groups in total. The lowest BCUT2D eigenvalue weighted by molar-refractivity contribution is 0.0717. The highest BCUT2D eigenvalue weighted by atomic mass is 35.5. The summed E-state index contributed by atoms with van der Waals surface area (Å²) in [4.78, 5) is 16.3. The monoisotopic (exact) mass is 297 g/mol. The molecule has 110 valence electrons. The fraction of sp³-hybridized carbons (Fsp3) is 0.571. The van der Waals surface area contributed by atoms with Gasteiger partial charge in [-0.15, -0.1) is 0 Å². The van der Waals surface area contributed by atoms with Crippen molar-refractivity contribution in [1.29, 1.82) is 0 Å². The maximum Gasteiger partial charge on any atom is 0.253 e. The van der Waals surface area contributed by atoms with Gasteiger partial charge in [0.05, 0.1) is 22.7 Å². The highest BCUT2D eigenvalue weighted by molar-refractivity contribution is 6.33. The Morgan fingerprint density at radius 3 is 2.90 bits per heavy atom. The molecule has 0 spiro atoms. The van der Waals surface area contributed by atoms with Gasteiger partial charge in [-0.25, -0.2) is 4.98 Å². The number of nitrogens with one attached hydrogen (secondary N) is 2. The van der Waals surface area contributed by atoms with Gasteiger partial charge in [-0.1, -0.05) is 24.4 Å². The van der Waals surface area contributed by atoms with Crippen LogP contribution in [-0.4, -0.2) is 34.7 Å². The molecular formula is C14H20ClN3O2. The van der Waals surface area contributed by atoms with Crippen LogP contribution in [0.4, 0.5) is 5.82 Å². The molecular weight excluding hydrogens is 278 g/mol. The third kappa shape index (κ3) is 3.61. The lowest BCUT2D eigenvalue weighted by Crippen LogP contribution is -2.45. The first-order valence-electron chi connectivity index (χ1n) is 7.00. The molecule has 1 aliphatic rings. The van der Waals surface area contributed by atoms with Gasteiger partial charge in [-0.3, -0.25) is 4.79 Å². The fourth-order valence-corrected chi connectivity index (χ4v) is 2.62. The second-order valence-corrected chi connectivity index (χ2v) is 5.42. The number of rotatable bonds is 4. The summed E-state index contributed by atoms with van der Waals surface area (Å²) >= 11 is 6.07. The molecule has 1 aromatic heterocycles. The minimum atomic E-state index is -0.461. The van der Waals surface area contributed by atoms with Crippen molar-refractivity contribution in [1.82, 2.24) is 10.3 Å². The Kier molecular flexibility index (Phi) is 5.20. The van der Waals surface area contributed by atoms with Gasteiger partial charge in [0, 0.05) is 12.7 Å². The van der Waals surface area contributed by atoms with Crippen LogP contribution in [0, 0.1) is 0 Å². The van der Waals surface area contributed by atoms with Crippen LogP contribution in [0.25, 0.3) is 0 Å². The molecule has 0 radical (unpaired) electrons. The van der Waals surface area contributed by atoms with E-state index in [1.807, 2.05) is 6.92 Å². The average molecular weight is 298 g/mol. The first kappa shape index (κ1) is 15.1. The summed E-state index contributed by atoms with van der Waals surface area (Å²) in [6.45, 7) is 2.66. The molecule has 1 heterocycles. The number of anilines is 1. The van der Waals surface area contributed by atoms with E-state index >= 15 is 0 Å². The zero-order valence-electron chi connectivity index (χ0n) is 11.5. The molecule has 1 fully saturated rings. The number of pyridine rings is 1. The van der Waals surface area contributed by atoms with E-state index < -0.39 is 6.10 Å². The van der Waals surface area contributed by atoms with Crippen molar-refractivity contribution >= 4 is 23.3 Å². The summed E-state index contributed by atoms with van der Waals surface area (Å²) in [6, 6.07) is 1.42. The second kappa shape index (κ2) is 6.90. The van der Waals surface area contributed by atoms with E-state index in [2.05, 4.69) is 15.6 Å². The molecule has 0 bridgehead atoms. The molecule has 0 aromatic carbocycles. The van der Waals surface area contributed by atoms with E-state index in [4.69, 9.17) is 11.6 Å². The number of aliphatic hydroxyl groups is 1. The number of carbonyl (C=O) groups excluding carboxylic acids is 1. The topological polar surface area (TPSA) is 74.2 Å². The fourth-order valence-electron chi connectivity index (χ4n) is 2.39. The van der Waals surface area contributed by atoms with E-state index in [1.165, 1.54) is 6.20 Å². The zero-order valence-corrected chi connectivity index (χ0v) is 12.3. The van der Waals surface area contributed by atoms with Crippen molar-refractivity contribution < 1.29 is 9.90 Å². The van der Waals surface area contributed by atoms with E-state index in [0.717, 1.165) is 25.7 Å². The predicted molar refractivity (Wildman–Crippen MR) is 79.1 cm³/mol. The maximum absolute atomic E-state index is 12.1. The molecule has 5 nitrogen and oxygen atoms in total. The minimum Gasteiger partial charge on any atom is -0.391 e. The Morgan fingerprint density at radius 1 is 1.50 bits per heavy atom. The van der Waals surface area contributed by atoms with Crippen molar-refractivity contribution in [2.45, 2.75) is 44.8 Å². The van der Waals surface area contributed by atoms with Crippen molar-refractivity contribution in [3.8, 4) is 0 Å². The SMILES string of the molecule is CCNc1ncc(C(=O)NC2CCCCC2O)cc1Cl. The predicted octanol–water partition coefficient (Wildman–Crippen LogP) is 2.20. The normalized spacial score (nSPS) is 22.4. The quantitative estimate of drug-likeness (QED) is 0.796. The Labute approximate surface area is 123 Å². The van der Waals surface area contributed by atoms with Gasteiger partial charge in [0.25, 0.3) is 5.91 Å². The highest BCUT2D eigenvalue weighted by Gasteiger charge is 2.25. The summed E-state index contributed by atoms with van der Waals surface area (Å²) in [5.74, 6) is 0.330. The third-order valence-electron chi connectivity index (χ3n) is 3.49. The van der Waals surface area contributed by atoms with Crippen LogP contribution < -0.4 is 10.6 Å². The molecule has 1 amide bonds. The third-order valence-corrected chi connectivity index (χ3v) is 3.78. The van der Waals surface area contributed by atoms with Crippen LogP contribution in [0.1, 0.15) is 43.0 Å². The minimum absolute atomic E-state index is 0.177. The van der Waals surface area contributed by atoms with Gasteiger partial charge in [-0.2, -0.15) is 0 Å². The Bertz CT molecular complexity index is 481. The highest BCUT2D eigenvalue weighted by Crippen LogP contribution is 2.21. The van der Waals surface area contributed by atoms with Gasteiger partial charge in [0.15, 0.2) is 0 Å². The average Bonchev–Trinajstić information content (AvgIpc) is 2.43. The van der Waals surface area contributed by atoms with E-state index in [1.54, 1.807) is 6.07 Å². The molecule has 0 aliphatic heterocycles. The van der Waals surface area contributed by atoms with Crippen molar-refractivity contribution in [3.63, 3.8) is 0 Å². The number of aromatic nitrogens is 1. The van der Waals surface area contributed by atoms with Gasteiger partial charge in [-0.05, 0) is 25.8 Å². The number of hydrogen-bond acceptors (Lipinski definition) is 4. The van der Waals surface area contributed by atoms with Crippen LogP contribution in [0.2, 0.25) is 5.02 Å². The smallest absolute Gasteiger partial charge is 0.253 e. The maximum atomic E-state index is 12.1. The van der Waals surface area contributed by atoms with Gasteiger partial charge < -0.3 is 15.7 Å². The van der Waals surface area contributed by atoms with Crippen LogP contribution in [0.5, 0.6) is 0 Å². The Morgan fingerprint density at radius 2 is 2.25 bits per heavy atom. The molecule has 1 saturated carbocycles. The molecule has 0 saturated heterocycles. The Hall–Kier alpha value is -1.33. The molecule has 1 aliphatic carbocycles. The van der Waals surface area contributed by atoms with Crippen molar-refractivity contribution in [2.75, 3.05) is 11.9 Å². The number of carbonyl (C=O) groups is 1. The molecule has 2 atom stereocenters. The number of hydrogen-bond donors (Lipinski definition) is 3. The summed E-state index contributed by atoms with van der Waals surface area (Å²) in [5, 5.41) is 16.2. The summed E-state index contributed by atoms with van der Waals surface area (Å²) < 4.78 is 0. The number of halogens is 1. The summed E-state index contributed by atoms with van der Waals surface area (Å²) in [7, 11) is 0. The van der Waals surface area contributed by atoms with E-state index in [9.17, 15) is 9.90 Å². The van der Waals surface area contributed by atoms with Gasteiger partial charge in [0.1, 0.15) is 5.82 Å². The second-order valence-electron chi connectivity index (χ2n) is 5.02. The molecule has 6 heteroatoms. The number of aliphatic hydroxyl groups excluding tert-OH is 1. The van der Waals surface area contributed by atoms with E-state index in [-0.39, 0.29) is 11.9 Å². The molecule has 20 heavy (non-hydrogen) atoms. The number of amides is 1. The molecule has 1 aromatic rings. The van der Waals surface area contributed by atoms with Crippen LogP contribution >= 0.6 is 11.6 Å². The van der Waals surface area contributed by atoms with Gasteiger partial charge >= 0.3 is 0 Å². The Balaban J connectivity index is 2.03. The van der Waals surface area contributed by atoms with Crippen molar-refractivity contribution in [2.24, 2.45) is 0 Å². The first-order chi connectivity index (χ1) is 9.61. The van der Waals surface area contributed by atoms with Crippen LogP contribution in [-0.2, 0) is 0 Å². The first-order valence-corrected chi connectivity index (χ1v) is 7.38. The van der Waals surface area contributed by atoms with Crippen LogP contribution in [0.3, 0.4) is 0 Å². The summed E-state index contributed by atoms with van der Waals surface area (Å²) in [6.07, 6.45) is 4.62. The standard InChI is InChI=1S/C14H20ClN3O2/c1-2-16-13-10(15)7-9(8-17-13)14(20)18-11-5-3-4-6-12(11)19/h7-8,11-12,19H,2-6H2,1H3,(H,16,17)(H,18,20). The molecule has 2 rings (SSSR count). The van der Waals surface area contributed by atoms with Crippen LogP contribution in [0.15, 0.2) is 12.3 Å². The summed E-state index contributed by atoms with van der Waals surface area (Å²) in [5.41, 5.74) is 0.412. The van der Waals surface area contributed by atoms with Crippen molar-refractivity contribution in [3.05, 3.63) is 22.8 Å². The zero-order chi connectivity index (χ0) is 14.5. The van der Waals surface area contributed by atoms with Gasteiger partial charge in [0.2, 0.25) is 0 Å². The lowest BCUT2D eigenvalue weighted by atomic mass is 9.92. The lowest BCUT2D eigenvalue weighted by Gasteiger charge is -2.28.